The van der Waals surface area contributed by atoms with Crippen LogP contribution in [0.3, 0.4) is 0 Å². The summed E-state index contributed by atoms with van der Waals surface area (Å²) >= 11 is 1.63. The molecule has 0 aromatic carbocycles. The Labute approximate surface area is 108 Å². The van der Waals surface area contributed by atoms with Gasteiger partial charge in [-0.2, -0.15) is 0 Å². The summed E-state index contributed by atoms with van der Waals surface area (Å²) in [6.45, 7) is 0.644. The van der Waals surface area contributed by atoms with Gasteiger partial charge in [0.1, 0.15) is 11.6 Å². The van der Waals surface area contributed by atoms with Crippen LogP contribution in [0, 0.1) is 10.1 Å². The van der Waals surface area contributed by atoms with E-state index in [0.717, 1.165) is 4.88 Å². The summed E-state index contributed by atoms with van der Waals surface area (Å²) in [4.78, 5) is 17.4. The van der Waals surface area contributed by atoms with Crippen LogP contribution in [-0.2, 0) is 6.54 Å². The lowest BCUT2D eigenvalue weighted by molar-refractivity contribution is -0.384. The first kappa shape index (κ1) is 12.3. The highest BCUT2D eigenvalue weighted by atomic mass is 32.1. The first-order valence-corrected chi connectivity index (χ1v) is 6.09. The molecule has 0 aliphatic carbocycles. The zero-order valence-corrected chi connectivity index (χ0v) is 10.6. The van der Waals surface area contributed by atoms with Gasteiger partial charge in [0.25, 0.3) is 5.69 Å². The standard InChI is InChI=1S/C11H12N4O2S/c1-14(7-9-3-2-4-18-9)11-6-8(15(16)17)5-10(12)13-11/h2-6H,7H2,1H3,(H2,12,13). The fourth-order valence-electron chi connectivity index (χ4n) is 1.54. The number of aromatic nitrogens is 1. The van der Waals surface area contributed by atoms with E-state index in [9.17, 15) is 10.1 Å². The van der Waals surface area contributed by atoms with Crippen LogP contribution in [0.15, 0.2) is 29.6 Å². The maximum absolute atomic E-state index is 10.8. The van der Waals surface area contributed by atoms with Crippen molar-refractivity contribution in [2.75, 3.05) is 17.7 Å². The second kappa shape index (κ2) is 5.01. The molecule has 0 unspecified atom stereocenters. The Balaban J connectivity index is 2.24. The minimum Gasteiger partial charge on any atom is -0.383 e. The summed E-state index contributed by atoms with van der Waals surface area (Å²) in [7, 11) is 1.82. The average Bonchev–Trinajstić information content (AvgIpc) is 2.80. The van der Waals surface area contributed by atoms with Crippen LogP contribution in [0.4, 0.5) is 17.3 Å². The molecule has 0 aliphatic heterocycles. The molecule has 7 heteroatoms. The minimum atomic E-state index is -0.472. The summed E-state index contributed by atoms with van der Waals surface area (Å²) in [6.07, 6.45) is 0. The number of pyridine rings is 1. The first-order valence-electron chi connectivity index (χ1n) is 5.22. The van der Waals surface area contributed by atoms with Crippen molar-refractivity contribution in [1.29, 1.82) is 0 Å². The van der Waals surface area contributed by atoms with Gasteiger partial charge in [-0.15, -0.1) is 11.3 Å². The second-order valence-electron chi connectivity index (χ2n) is 3.80. The molecule has 2 rings (SSSR count). The summed E-state index contributed by atoms with van der Waals surface area (Å²) < 4.78 is 0. The van der Waals surface area contributed by atoms with Crippen molar-refractivity contribution in [3.8, 4) is 0 Å². The molecule has 0 atom stereocenters. The monoisotopic (exact) mass is 264 g/mol. The SMILES string of the molecule is CN(Cc1cccs1)c1cc([N+](=O)[O-])cc(N)n1. The van der Waals surface area contributed by atoms with Crippen LogP contribution >= 0.6 is 11.3 Å². The zero-order chi connectivity index (χ0) is 13.1. The molecule has 2 aromatic heterocycles. The highest BCUT2D eigenvalue weighted by molar-refractivity contribution is 7.09. The van der Waals surface area contributed by atoms with E-state index >= 15 is 0 Å². The van der Waals surface area contributed by atoms with Gasteiger partial charge in [0, 0.05) is 11.9 Å². The Morgan fingerprint density at radius 3 is 2.94 bits per heavy atom. The van der Waals surface area contributed by atoms with E-state index in [0.29, 0.717) is 12.4 Å². The Bertz CT molecular complexity index is 556. The van der Waals surface area contributed by atoms with E-state index < -0.39 is 4.92 Å². The first-order chi connectivity index (χ1) is 8.56. The molecule has 6 nitrogen and oxygen atoms in total. The Morgan fingerprint density at radius 1 is 1.56 bits per heavy atom. The predicted octanol–water partition coefficient (Wildman–Crippen LogP) is 2.27. The normalized spacial score (nSPS) is 10.3. The molecule has 2 N–H and O–H groups in total. The van der Waals surface area contributed by atoms with Crippen molar-refractivity contribution < 1.29 is 4.92 Å². The summed E-state index contributed by atoms with van der Waals surface area (Å²) in [5, 5.41) is 12.7. The number of thiophene rings is 1. The number of nitrogen functional groups attached to an aromatic ring is 1. The molecule has 0 aliphatic rings. The van der Waals surface area contributed by atoms with Gasteiger partial charge >= 0.3 is 0 Å². The average molecular weight is 264 g/mol. The van der Waals surface area contributed by atoms with Crippen molar-refractivity contribution in [2.45, 2.75) is 6.54 Å². The summed E-state index contributed by atoms with van der Waals surface area (Å²) in [5.41, 5.74) is 5.52. The number of nitrogens with two attached hydrogens (primary N) is 1. The third kappa shape index (κ3) is 2.75. The Hall–Kier alpha value is -2.15. The molecule has 0 saturated heterocycles. The van der Waals surface area contributed by atoms with Gasteiger partial charge in [-0.25, -0.2) is 4.98 Å². The highest BCUT2D eigenvalue weighted by Gasteiger charge is 2.13. The maximum Gasteiger partial charge on any atom is 0.276 e. The van der Waals surface area contributed by atoms with E-state index in [1.807, 2.05) is 29.5 Å². The number of hydrogen-bond donors (Lipinski definition) is 1. The van der Waals surface area contributed by atoms with Gasteiger partial charge in [0.05, 0.1) is 23.6 Å². The fraction of sp³-hybridized carbons (Fsp3) is 0.182. The van der Waals surface area contributed by atoms with Gasteiger partial charge in [-0.05, 0) is 11.4 Å². The topological polar surface area (TPSA) is 85.3 Å². The Kier molecular flexibility index (Phi) is 3.42. The van der Waals surface area contributed by atoms with Gasteiger partial charge in [0.15, 0.2) is 0 Å². The summed E-state index contributed by atoms with van der Waals surface area (Å²) in [5.74, 6) is 0.646. The molecule has 2 heterocycles. The molecule has 0 radical (unpaired) electrons. The molecule has 0 amide bonds. The summed E-state index contributed by atoms with van der Waals surface area (Å²) in [6, 6.07) is 6.64. The van der Waals surface area contributed by atoms with Crippen LogP contribution in [0.25, 0.3) is 0 Å². The molecule has 0 fully saturated rings. The lowest BCUT2D eigenvalue weighted by Gasteiger charge is -2.17. The molecule has 0 bridgehead atoms. The molecule has 94 valence electrons. The molecule has 0 spiro atoms. The van der Waals surface area contributed by atoms with E-state index in [4.69, 9.17) is 5.73 Å². The largest absolute Gasteiger partial charge is 0.383 e. The zero-order valence-electron chi connectivity index (χ0n) is 9.74. The third-order valence-electron chi connectivity index (χ3n) is 2.39. The minimum absolute atomic E-state index is 0.0458. The number of hydrogen-bond acceptors (Lipinski definition) is 6. The predicted molar refractivity (Wildman–Crippen MR) is 71.7 cm³/mol. The lowest BCUT2D eigenvalue weighted by atomic mass is 10.3. The molecular weight excluding hydrogens is 252 g/mol. The second-order valence-corrected chi connectivity index (χ2v) is 4.83. The van der Waals surface area contributed by atoms with Crippen molar-refractivity contribution in [1.82, 2.24) is 4.98 Å². The fourth-order valence-corrected chi connectivity index (χ4v) is 2.30. The van der Waals surface area contributed by atoms with Crippen LogP contribution < -0.4 is 10.6 Å². The molecule has 18 heavy (non-hydrogen) atoms. The van der Waals surface area contributed by atoms with Crippen molar-refractivity contribution in [3.05, 3.63) is 44.6 Å². The maximum atomic E-state index is 10.8. The van der Waals surface area contributed by atoms with Crippen LogP contribution in [0.1, 0.15) is 4.88 Å². The van der Waals surface area contributed by atoms with Crippen LogP contribution in [0.5, 0.6) is 0 Å². The smallest absolute Gasteiger partial charge is 0.276 e. The number of rotatable bonds is 4. The van der Waals surface area contributed by atoms with Crippen LogP contribution in [-0.4, -0.2) is 17.0 Å². The van der Waals surface area contributed by atoms with Crippen molar-refractivity contribution in [3.63, 3.8) is 0 Å². The molecule has 0 saturated carbocycles. The van der Waals surface area contributed by atoms with Crippen molar-refractivity contribution in [2.24, 2.45) is 0 Å². The third-order valence-corrected chi connectivity index (χ3v) is 3.25. The Morgan fingerprint density at radius 2 is 2.33 bits per heavy atom. The van der Waals surface area contributed by atoms with E-state index in [1.54, 1.807) is 11.3 Å². The van der Waals surface area contributed by atoms with Gasteiger partial charge < -0.3 is 10.6 Å². The quantitative estimate of drug-likeness (QED) is 0.676. The lowest BCUT2D eigenvalue weighted by Crippen LogP contribution is -2.17. The van der Waals surface area contributed by atoms with E-state index in [2.05, 4.69) is 4.98 Å². The van der Waals surface area contributed by atoms with E-state index in [1.165, 1.54) is 12.1 Å². The highest BCUT2D eigenvalue weighted by Crippen LogP contribution is 2.23. The van der Waals surface area contributed by atoms with Gasteiger partial charge in [-0.1, -0.05) is 6.07 Å². The molecule has 2 aromatic rings. The van der Waals surface area contributed by atoms with Gasteiger partial charge in [0.2, 0.25) is 0 Å². The van der Waals surface area contributed by atoms with Gasteiger partial charge in [-0.3, -0.25) is 10.1 Å². The van der Waals surface area contributed by atoms with E-state index in [-0.39, 0.29) is 11.5 Å². The molecular formula is C11H12N4O2S. The van der Waals surface area contributed by atoms with Crippen molar-refractivity contribution >= 4 is 28.7 Å². The number of nitro groups is 1. The van der Waals surface area contributed by atoms with Crippen LogP contribution in [0.2, 0.25) is 0 Å². The number of nitrogens with zero attached hydrogens (tertiary/aromatic N) is 3. The number of anilines is 2.